The minimum Gasteiger partial charge on any atom is -0.393 e. The molecule has 3 fully saturated rings. The second-order valence-electron chi connectivity index (χ2n) is 9.48. The van der Waals surface area contributed by atoms with Gasteiger partial charge in [-0.2, -0.15) is 0 Å². The van der Waals surface area contributed by atoms with E-state index in [4.69, 9.17) is 16.6 Å². The minimum atomic E-state index is -0.0779. The maximum Gasteiger partial charge on any atom is 0.147 e. The molecule has 1 atom stereocenters. The van der Waals surface area contributed by atoms with Crippen molar-refractivity contribution in [2.75, 3.05) is 31.1 Å². The molecule has 5 nitrogen and oxygen atoms in total. The number of nitrogens with zero attached hydrogens (tertiary/aromatic N) is 4. The number of aromatic nitrogens is 2. The van der Waals surface area contributed by atoms with Crippen molar-refractivity contribution >= 4 is 17.4 Å². The summed E-state index contributed by atoms with van der Waals surface area (Å²) in [5.41, 5.74) is 2.40. The minimum absolute atomic E-state index is 0.0779. The number of piperidine rings is 1. The summed E-state index contributed by atoms with van der Waals surface area (Å²) in [6.45, 7) is 4.43. The van der Waals surface area contributed by atoms with Gasteiger partial charge < -0.3 is 10.0 Å². The molecule has 1 spiro atoms. The smallest absolute Gasteiger partial charge is 0.147 e. The van der Waals surface area contributed by atoms with E-state index in [1.807, 2.05) is 30.6 Å². The van der Waals surface area contributed by atoms with Gasteiger partial charge >= 0.3 is 0 Å². The molecule has 0 bridgehead atoms. The predicted molar refractivity (Wildman–Crippen MR) is 121 cm³/mol. The number of hydrogen-bond acceptors (Lipinski definition) is 5. The monoisotopic (exact) mass is 426 g/mol. The molecule has 0 unspecified atom stereocenters. The SMILES string of the molecule is OC1CCC(N2CC[C@]3(CCCN(c4ncc(-c5cccnc5)cc4Cl)C3)C2)CC1. The van der Waals surface area contributed by atoms with E-state index < -0.39 is 0 Å². The van der Waals surface area contributed by atoms with Gasteiger partial charge in [0.15, 0.2) is 0 Å². The number of aliphatic hydroxyl groups is 1. The number of aliphatic hydroxyl groups excluding tert-OH is 1. The third-order valence-corrected chi connectivity index (χ3v) is 7.71. The standard InChI is InChI=1S/C24H31ClN4O/c25-22-13-19(18-3-1-10-26-14-18)15-27-23(22)29-11-2-8-24(17-29)9-12-28(16-24)20-4-6-21(30)7-5-20/h1,3,10,13-15,20-21,30H,2,4-9,11-12,16-17H2/t20?,21?,24-/m1/s1. The third kappa shape index (κ3) is 4.08. The average molecular weight is 427 g/mol. The first-order valence-corrected chi connectivity index (χ1v) is 11.7. The Morgan fingerprint density at radius 3 is 2.67 bits per heavy atom. The normalized spacial score (nSPS) is 30.1. The van der Waals surface area contributed by atoms with E-state index in [0.717, 1.165) is 60.7 Å². The maximum atomic E-state index is 9.84. The number of pyridine rings is 2. The molecule has 30 heavy (non-hydrogen) atoms. The van der Waals surface area contributed by atoms with E-state index in [2.05, 4.69) is 14.8 Å². The Balaban J connectivity index is 1.29. The zero-order chi connectivity index (χ0) is 20.6. The second kappa shape index (κ2) is 8.45. The molecule has 0 amide bonds. The third-order valence-electron chi connectivity index (χ3n) is 7.43. The first-order chi connectivity index (χ1) is 14.6. The fourth-order valence-electron chi connectivity index (χ4n) is 5.78. The molecule has 5 rings (SSSR count). The zero-order valence-corrected chi connectivity index (χ0v) is 18.3. The van der Waals surface area contributed by atoms with Gasteiger partial charge in [0.2, 0.25) is 0 Å². The molecule has 6 heteroatoms. The van der Waals surface area contributed by atoms with Gasteiger partial charge in [-0.05, 0) is 63.6 Å². The molecule has 0 aromatic carbocycles. The van der Waals surface area contributed by atoms with Crippen LogP contribution in [-0.4, -0.2) is 58.3 Å². The van der Waals surface area contributed by atoms with Crippen LogP contribution >= 0.6 is 11.6 Å². The Labute approximate surface area is 184 Å². The van der Waals surface area contributed by atoms with Crippen LogP contribution in [0.25, 0.3) is 11.1 Å². The first kappa shape index (κ1) is 20.2. The molecule has 0 radical (unpaired) electrons. The lowest BCUT2D eigenvalue weighted by molar-refractivity contribution is 0.0770. The summed E-state index contributed by atoms with van der Waals surface area (Å²) in [6, 6.07) is 6.65. The van der Waals surface area contributed by atoms with Gasteiger partial charge in [0, 0.05) is 60.8 Å². The van der Waals surface area contributed by atoms with Crippen molar-refractivity contribution in [2.24, 2.45) is 5.41 Å². The summed E-state index contributed by atoms with van der Waals surface area (Å²) in [5.74, 6) is 0.919. The second-order valence-corrected chi connectivity index (χ2v) is 9.89. The lowest BCUT2D eigenvalue weighted by Crippen LogP contribution is -2.46. The van der Waals surface area contributed by atoms with Crippen molar-refractivity contribution in [2.45, 2.75) is 57.1 Å². The Morgan fingerprint density at radius 1 is 1.03 bits per heavy atom. The van der Waals surface area contributed by atoms with Gasteiger partial charge in [0.05, 0.1) is 11.1 Å². The molecule has 4 heterocycles. The number of halogens is 1. The van der Waals surface area contributed by atoms with Crippen LogP contribution < -0.4 is 4.90 Å². The molecular formula is C24H31ClN4O. The Morgan fingerprint density at radius 2 is 1.90 bits per heavy atom. The van der Waals surface area contributed by atoms with Crippen molar-refractivity contribution in [3.8, 4) is 11.1 Å². The first-order valence-electron chi connectivity index (χ1n) is 11.3. The summed E-state index contributed by atoms with van der Waals surface area (Å²) in [6.07, 6.45) is 13.4. The fourth-order valence-corrected chi connectivity index (χ4v) is 6.07. The van der Waals surface area contributed by atoms with Gasteiger partial charge in [-0.1, -0.05) is 17.7 Å². The highest BCUT2D eigenvalue weighted by Crippen LogP contribution is 2.43. The summed E-state index contributed by atoms with van der Waals surface area (Å²) < 4.78 is 0. The van der Waals surface area contributed by atoms with Crippen LogP contribution in [0.1, 0.15) is 44.9 Å². The van der Waals surface area contributed by atoms with Gasteiger partial charge in [-0.15, -0.1) is 0 Å². The number of likely N-dealkylation sites (tertiary alicyclic amines) is 1. The van der Waals surface area contributed by atoms with E-state index in [1.54, 1.807) is 6.20 Å². The van der Waals surface area contributed by atoms with Gasteiger partial charge in [0.25, 0.3) is 0 Å². The van der Waals surface area contributed by atoms with Crippen molar-refractivity contribution in [1.29, 1.82) is 0 Å². The molecule has 1 saturated carbocycles. The Hall–Kier alpha value is -1.69. The summed E-state index contributed by atoms with van der Waals surface area (Å²) >= 11 is 6.71. The maximum absolute atomic E-state index is 9.84. The molecular weight excluding hydrogens is 396 g/mol. The van der Waals surface area contributed by atoms with Crippen LogP contribution in [0.2, 0.25) is 5.02 Å². The largest absolute Gasteiger partial charge is 0.393 e. The number of anilines is 1. The van der Waals surface area contributed by atoms with Crippen molar-refractivity contribution in [1.82, 2.24) is 14.9 Å². The van der Waals surface area contributed by atoms with E-state index >= 15 is 0 Å². The molecule has 2 saturated heterocycles. The van der Waals surface area contributed by atoms with Crippen molar-refractivity contribution in [3.63, 3.8) is 0 Å². The molecule has 1 aliphatic carbocycles. The van der Waals surface area contributed by atoms with Gasteiger partial charge in [0.1, 0.15) is 5.82 Å². The highest BCUT2D eigenvalue weighted by Gasteiger charge is 2.44. The predicted octanol–water partition coefficient (Wildman–Crippen LogP) is 4.39. The quantitative estimate of drug-likeness (QED) is 0.788. The highest BCUT2D eigenvalue weighted by molar-refractivity contribution is 6.33. The lowest BCUT2D eigenvalue weighted by atomic mass is 9.79. The van der Waals surface area contributed by atoms with Crippen LogP contribution in [0.15, 0.2) is 36.8 Å². The topological polar surface area (TPSA) is 52.5 Å². The number of rotatable bonds is 3. The summed E-state index contributed by atoms with van der Waals surface area (Å²) in [5, 5.41) is 10.6. The zero-order valence-electron chi connectivity index (χ0n) is 17.5. The Kier molecular flexibility index (Phi) is 5.69. The van der Waals surface area contributed by atoms with Crippen molar-refractivity contribution < 1.29 is 5.11 Å². The van der Waals surface area contributed by atoms with Crippen LogP contribution in [0.5, 0.6) is 0 Å². The average Bonchev–Trinajstić information content (AvgIpc) is 3.17. The van der Waals surface area contributed by atoms with E-state index in [-0.39, 0.29) is 6.10 Å². The van der Waals surface area contributed by atoms with Gasteiger partial charge in [-0.3, -0.25) is 9.88 Å². The molecule has 2 aromatic rings. The summed E-state index contributed by atoms with van der Waals surface area (Å²) in [7, 11) is 0. The van der Waals surface area contributed by atoms with E-state index in [9.17, 15) is 5.11 Å². The highest BCUT2D eigenvalue weighted by atomic mass is 35.5. The molecule has 3 aliphatic rings. The fraction of sp³-hybridized carbons (Fsp3) is 0.583. The molecule has 160 valence electrons. The van der Waals surface area contributed by atoms with Gasteiger partial charge in [-0.25, -0.2) is 4.98 Å². The van der Waals surface area contributed by atoms with E-state index in [1.165, 1.54) is 32.4 Å². The molecule has 2 aromatic heterocycles. The van der Waals surface area contributed by atoms with Crippen LogP contribution in [-0.2, 0) is 0 Å². The number of hydrogen-bond donors (Lipinski definition) is 1. The Bertz CT molecular complexity index is 871. The van der Waals surface area contributed by atoms with Crippen molar-refractivity contribution in [3.05, 3.63) is 41.8 Å². The van der Waals surface area contributed by atoms with Crippen LogP contribution in [0.3, 0.4) is 0 Å². The van der Waals surface area contributed by atoms with Crippen LogP contribution in [0, 0.1) is 5.41 Å². The summed E-state index contributed by atoms with van der Waals surface area (Å²) in [4.78, 5) is 14.1. The molecule has 1 N–H and O–H groups in total. The molecule has 2 aliphatic heterocycles. The van der Waals surface area contributed by atoms with Crippen LogP contribution in [0.4, 0.5) is 5.82 Å². The van der Waals surface area contributed by atoms with E-state index in [0.29, 0.717) is 11.5 Å². The lowest BCUT2D eigenvalue weighted by Gasteiger charge is -2.42.